The molecule has 1 aromatic rings. The quantitative estimate of drug-likeness (QED) is 0.474. The Morgan fingerprint density at radius 3 is 2.53 bits per heavy atom. The minimum atomic E-state index is 0.491. The Morgan fingerprint density at radius 1 is 1.32 bits per heavy atom. The molecule has 0 N–H and O–H groups in total. The largest absolute Gasteiger partial charge is 0.357 e. The van der Waals surface area contributed by atoms with Gasteiger partial charge in [0.15, 0.2) is 5.16 Å². The van der Waals surface area contributed by atoms with Crippen LogP contribution >= 0.6 is 23.4 Å². The van der Waals surface area contributed by atoms with Crippen molar-refractivity contribution in [3.05, 3.63) is 11.2 Å². The molecule has 1 aliphatic rings. The zero-order chi connectivity index (χ0) is 14.0. The number of hydrogen-bond donors (Lipinski definition) is 0. The molecule has 1 fully saturated rings. The van der Waals surface area contributed by atoms with Gasteiger partial charge in [-0.15, -0.1) is 0 Å². The van der Waals surface area contributed by atoms with Crippen molar-refractivity contribution in [1.82, 2.24) is 9.97 Å². The predicted molar refractivity (Wildman–Crippen MR) is 83.3 cm³/mol. The molecular weight excluding hydrogens is 278 g/mol. The highest BCUT2D eigenvalue weighted by Crippen LogP contribution is 2.37. The Bertz CT molecular complexity index is 440. The lowest BCUT2D eigenvalue weighted by Crippen LogP contribution is -2.37. The number of anilines is 1. The minimum absolute atomic E-state index is 0.491. The summed E-state index contributed by atoms with van der Waals surface area (Å²) in [5.41, 5.74) is 0.491. The van der Waals surface area contributed by atoms with Gasteiger partial charge in [-0.1, -0.05) is 37.2 Å². The van der Waals surface area contributed by atoms with Crippen LogP contribution in [0.15, 0.2) is 11.2 Å². The van der Waals surface area contributed by atoms with E-state index in [2.05, 4.69) is 35.8 Å². The third kappa shape index (κ3) is 3.76. The van der Waals surface area contributed by atoms with Gasteiger partial charge in [0.2, 0.25) is 0 Å². The van der Waals surface area contributed by atoms with Crippen molar-refractivity contribution in [2.24, 2.45) is 5.41 Å². The van der Waals surface area contributed by atoms with Gasteiger partial charge in [-0.2, -0.15) is 0 Å². The fourth-order valence-electron chi connectivity index (χ4n) is 2.62. The first-order chi connectivity index (χ1) is 8.91. The normalized spacial score (nSPS) is 19.4. The van der Waals surface area contributed by atoms with Crippen molar-refractivity contribution >= 4 is 29.2 Å². The van der Waals surface area contributed by atoms with Crippen LogP contribution < -0.4 is 4.90 Å². The second kappa shape index (κ2) is 5.88. The summed E-state index contributed by atoms with van der Waals surface area (Å²) in [6.45, 7) is 4.72. The molecule has 0 unspecified atom stereocenters. The van der Waals surface area contributed by atoms with E-state index in [1.807, 2.05) is 12.3 Å². The lowest BCUT2D eigenvalue weighted by Gasteiger charge is -2.39. The van der Waals surface area contributed by atoms with Crippen molar-refractivity contribution in [2.45, 2.75) is 50.7 Å². The molecule has 0 saturated heterocycles. The molecular formula is C14H22ClN3S. The van der Waals surface area contributed by atoms with E-state index < -0.39 is 0 Å². The van der Waals surface area contributed by atoms with E-state index in [0.29, 0.717) is 16.6 Å². The maximum Gasteiger partial charge on any atom is 0.190 e. The van der Waals surface area contributed by atoms with Crippen molar-refractivity contribution in [2.75, 3.05) is 18.2 Å². The molecule has 1 aliphatic carbocycles. The van der Waals surface area contributed by atoms with Gasteiger partial charge in [-0.25, -0.2) is 9.97 Å². The molecule has 106 valence electrons. The van der Waals surface area contributed by atoms with Gasteiger partial charge in [-0.3, -0.25) is 0 Å². The Kier molecular flexibility index (Phi) is 4.62. The molecule has 0 aromatic carbocycles. The molecule has 0 amide bonds. The first-order valence-corrected chi connectivity index (χ1v) is 8.33. The highest BCUT2D eigenvalue weighted by Gasteiger charge is 2.29. The van der Waals surface area contributed by atoms with Crippen molar-refractivity contribution in [3.8, 4) is 0 Å². The fourth-order valence-corrected chi connectivity index (χ4v) is 3.22. The van der Waals surface area contributed by atoms with E-state index >= 15 is 0 Å². The first-order valence-electron chi connectivity index (χ1n) is 6.73. The third-order valence-electron chi connectivity index (χ3n) is 4.06. The van der Waals surface area contributed by atoms with Gasteiger partial charge in [0.1, 0.15) is 11.0 Å². The Balaban J connectivity index is 2.11. The topological polar surface area (TPSA) is 29.0 Å². The number of aromatic nitrogens is 2. The average Bonchev–Trinajstić information content (AvgIpc) is 2.37. The molecule has 1 aromatic heterocycles. The molecule has 1 saturated carbocycles. The van der Waals surface area contributed by atoms with Crippen molar-refractivity contribution < 1.29 is 0 Å². The summed E-state index contributed by atoms with van der Waals surface area (Å²) in [5.74, 6) is 0.939. The monoisotopic (exact) mass is 299 g/mol. The second-order valence-corrected chi connectivity index (χ2v) is 7.20. The number of thioether (sulfide) groups is 1. The number of hydrogen-bond acceptors (Lipinski definition) is 4. The van der Waals surface area contributed by atoms with E-state index in [9.17, 15) is 0 Å². The van der Waals surface area contributed by atoms with Crippen LogP contribution in [0.5, 0.6) is 0 Å². The minimum Gasteiger partial charge on any atom is -0.357 e. The maximum atomic E-state index is 6.07. The predicted octanol–water partition coefficient (Wildman–Crippen LogP) is 4.26. The summed E-state index contributed by atoms with van der Waals surface area (Å²) >= 11 is 7.59. The van der Waals surface area contributed by atoms with Crippen LogP contribution in [-0.2, 0) is 0 Å². The fraction of sp³-hybridized carbons (Fsp3) is 0.714. The highest BCUT2D eigenvalue weighted by molar-refractivity contribution is 7.98. The highest BCUT2D eigenvalue weighted by atomic mass is 35.5. The molecule has 0 bridgehead atoms. The van der Waals surface area contributed by atoms with Crippen molar-refractivity contribution in [3.63, 3.8) is 0 Å². The van der Waals surface area contributed by atoms with Gasteiger partial charge in [0.05, 0.1) is 0 Å². The molecule has 0 aliphatic heterocycles. The standard InChI is InChI=1S/C14H22ClN3S/c1-14(2)7-5-10(6-8-14)18(3)12-9-11(15)16-13(17-12)19-4/h9-10H,5-8H2,1-4H3. The Labute approximate surface area is 125 Å². The summed E-state index contributed by atoms with van der Waals surface area (Å²) in [4.78, 5) is 11.0. The van der Waals surface area contributed by atoms with Gasteiger partial charge < -0.3 is 4.90 Å². The summed E-state index contributed by atoms with van der Waals surface area (Å²) in [7, 11) is 2.12. The molecule has 0 atom stereocenters. The summed E-state index contributed by atoms with van der Waals surface area (Å²) in [6, 6.07) is 2.43. The van der Waals surface area contributed by atoms with Crippen molar-refractivity contribution in [1.29, 1.82) is 0 Å². The molecule has 5 heteroatoms. The number of rotatable bonds is 3. The number of halogens is 1. The molecule has 2 rings (SSSR count). The zero-order valence-electron chi connectivity index (χ0n) is 12.1. The molecule has 19 heavy (non-hydrogen) atoms. The molecule has 0 radical (unpaired) electrons. The summed E-state index contributed by atoms with van der Waals surface area (Å²) in [6.07, 6.45) is 6.96. The second-order valence-electron chi connectivity index (χ2n) is 6.04. The van der Waals surface area contributed by atoms with E-state index in [1.54, 1.807) is 0 Å². The van der Waals surface area contributed by atoms with E-state index in [0.717, 1.165) is 11.0 Å². The van der Waals surface area contributed by atoms with Crippen LogP contribution in [0.3, 0.4) is 0 Å². The Morgan fingerprint density at radius 2 is 1.95 bits per heavy atom. The van der Waals surface area contributed by atoms with Crippen LogP contribution in [0.25, 0.3) is 0 Å². The smallest absolute Gasteiger partial charge is 0.190 e. The molecule has 0 spiro atoms. The van der Waals surface area contributed by atoms with E-state index in [4.69, 9.17) is 11.6 Å². The van der Waals surface area contributed by atoms with Gasteiger partial charge >= 0.3 is 0 Å². The van der Waals surface area contributed by atoms with Gasteiger partial charge in [0, 0.05) is 19.2 Å². The molecule has 1 heterocycles. The third-order valence-corrected chi connectivity index (χ3v) is 4.80. The zero-order valence-corrected chi connectivity index (χ0v) is 13.7. The van der Waals surface area contributed by atoms with Crippen LogP contribution in [0.1, 0.15) is 39.5 Å². The SMILES string of the molecule is CSc1nc(Cl)cc(N(C)C2CCC(C)(C)CC2)n1. The lowest BCUT2D eigenvalue weighted by atomic mass is 9.75. The summed E-state index contributed by atoms with van der Waals surface area (Å²) < 4.78 is 0. The van der Waals surface area contributed by atoms with Gasteiger partial charge in [-0.05, 0) is 37.4 Å². The first kappa shape index (κ1) is 14.9. The lowest BCUT2D eigenvalue weighted by molar-refractivity contribution is 0.222. The van der Waals surface area contributed by atoms with Gasteiger partial charge in [0.25, 0.3) is 0 Å². The van der Waals surface area contributed by atoms with E-state index in [-0.39, 0.29) is 0 Å². The van der Waals surface area contributed by atoms with Crippen LogP contribution in [0.2, 0.25) is 5.15 Å². The molecule has 3 nitrogen and oxygen atoms in total. The maximum absolute atomic E-state index is 6.07. The Hall–Kier alpha value is -0.480. The summed E-state index contributed by atoms with van der Waals surface area (Å²) in [5, 5.41) is 1.27. The number of nitrogens with zero attached hydrogens (tertiary/aromatic N) is 3. The van der Waals surface area contributed by atoms with E-state index in [1.165, 1.54) is 37.4 Å². The average molecular weight is 300 g/mol. The van der Waals surface area contributed by atoms with Crippen LogP contribution in [-0.4, -0.2) is 29.3 Å². The van der Waals surface area contributed by atoms with Crippen LogP contribution in [0, 0.1) is 5.41 Å². The van der Waals surface area contributed by atoms with Crippen LogP contribution in [0.4, 0.5) is 5.82 Å².